The molecule has 0 radical (unpaired) electrons. The number of aryl methyl sites for hydroxylation is 1. The van der Waals surface area contributed by atoms with Crippen LogP contribution >= 0.6 is 11.6 Å². The molecule has 0 bridgehead atoms. The maximum Gasteiger partial charge on any atom is 0.263 e. The fourth-order valence-corrected chi connectivity index (χ4v) is 7.23. The van der Waals surface area contributed by atoms with Gasteiger partial charge in [-0.25, -0.2) is 8.42 Å². The number of carbonyl (C=O) groups excluding carboxylic acids is 1. The second-order valence-corrected chi connectivity index (χ2v) is 14.7. The third-order valence-electron chi connectivity index (χ3n) is 8.14. The van der Waals surface area contributed by atoms with Crippen LogP contribution in [-0.2, 0) is 32.7 Å². The van der Waals surface area contributed by atoms with Crippen LogP contribution in [0.4, 0.5) is 5.82 Å². The number of carbonyl (C=O) groups is 1. The molecule has 5 rings (SSSR count). The largest absolute Gasteiger partial charge is 0.396 e. The minimum absolute atomic E-state index is 0.0633. The van der Waals surface area contributed by atoms with E-state index in [-0.39, 0.29) is 28.3 Å². The SMILES string of the molecule is BC(B)(B)OCc1cc(CN2C(=O)C3(CCCC3)N=C2CCCC)ccc1-c1ccccc1S(=O)(=O)Nc1noc(C)c1Cl. The highest BCUT2D eigenvalue weighted by molar-refractivity contribution is 7.92. The van der Waals surface area contributed by atoms with E-state index in [4.69, 9.17) is 25.9 Å². The predicted octanol–water partition coefficient (Wildman–Crippen LogP) is 3.38. The second kappa shape index (κ2) is 12.8. The Kier molecular flexibility index (Phi) is 9.40. The molecule has 0 unspecified atom stereocenters. The van der Waals surface area contributed by atoms with Crippen LogP contribution in [0.25, 0.3) is 11.1 Å². The molecule has 2 heterocycles. The Labute approximate surface area is 267 Å². The molecule has 1 spiro atoms. The van der Waals surface area contributed by atoms with Gasteiger partial charge in [-0.2, -0.15) is 0 Å². The Bertz CT molecular complexity index is 1680. The molecule has 3 aromatic rings. The summed E-state index contributed by atoms with van der Waals surface area (Å²) in [6.45, 7) is 4.39. The molecular formula is C30H38B3ClN4O5S. The molecule has 0 atom stereocenters. The zero-order chi connectivity index (χ0) is 31.7. The van der Waals surface area contributed by atoms with E-state index in [1.54, 1.807) is 31.2 Å². The Morgan fingerprint density at radius 2 is 1.86 bits per heavy atom. The van der Waals surface area contributed by atoms with Crippen molar-refractivity contribution < 1.29 is 22.5 Å². The van der Waals surface area contributed by atoms with Gasteiger partial charge in [0.25, 0.3) is 15.9 Å². The van der Waals surface area contributed by atoms with Crippen LogP contribution in [0.5, 0.6) is 0 Å². The van der Waals surface area contributed by atoms with Gasteiger partial charge in [-0.1, -0.05) is 79.3 Å². The summed E-state index contributed by atoms with van der Waals surface area (Å²) >= 11 is 6.21. The van der Waals surface area contributed by atoms with Gasteiger partial charge in [-0.05, 0) is 54.2 Å². The van der Waals surface area contributed by atoms with Gasteiger partial charge in [0, 0.05) is 12.0 Å². The van der Waals surface area contributed by atoms with E-state index in [9.17, 15) is 13.2 Å². The highest BCUT2D eigenvalue weighted by atomic mass is 35.5. The van der Waals surface area contributed by atoms with Crippen LogP contribution in [0.3, 0.4) is 0 Å². The van der Waals surface area contributed by atoms with E-state index < -0.39 is 20.9 Å². The number of nitrogens with one attached hydrogen (secondary N) is 1. The van der Waals surface area contributed by atoms with E-state index in [2.05, 4.69) is 16.8 Å². The summed E-state index contributed by atoms with van der Waals surface area (Å²) < 4.78 is 41.0. The first-order chi connectivity index (χ1) is 20.8. The molecule has 1 amide bonds. The second-order valence-electron chi connectivity index (χ2n) is 12.7. The van der Waals surface area contributed by atoms with Crippen molar-refractivity contribution in [2.24, 2.45) is 4.99 Å². The molecule has 1 N–H and O–H groups in total. The van der Waals surface area contributed by atoms with Crippen molar-refractivity contribution in [1.82, 2.24) is 10.1 Å². The van der Waals surface area contributed by atoms with Gasteiger partial charge in [0.05, 0.1) is 18.0 Å². The molecular weight excluding hydrogens is 596 g/mol. The molecule has 2 aromatic carbocycles. The van der Waals surface area contributed by atoms with E-state index in [0.29, 0.717) is 23.4 Å². The number of ether oxygens (including phenoxy) is 1. The standard InChI is InChI=1S/C30H38B3ClN4O5S/c1-3-4-11-25-35-29(14-7-8-15-29)28(39)38(25)17-20-12-13-22(21(16-20)18-42-30(31,32)33)23-9-5-6-10-24(23)44(40,41)37-27-26(34)19(2)43-36-27/h5-6,9-10,12-13,16H,3-4,7-8,11,14-15,17-18,31-33H2,1-2H3,(H,36,37). The van der Waals surface area contributed by atoms with Crippen molar-refractivity contribution in [2.45, 2.75) is 87.7 Å². The van der Waals surface area contributed by atoms with Gasteiger partial charge in [0.1, 0.15) is 39.9 Å². The lowest BCUT2D eigenvalue weighted by Crippen LogP contribution is -2.40. The molecule has 2 aliphatic rings. The number of hydrogen-bond donors (Lipinski definition) is 1. The molecule has 1 aliphatic heterocycles. The van der Waals surface area contributed by atoms with Crippen LogP contribution in [0.2, 0.25) is 5.02 Å². The first kappa shape index (κ1) is 32.4. The smallest absolute Gasteiger partial charge is 0.263 e. The fraction of sp³-hybridized carbons (Fsp3) is 0.433. The van der Waals surface area contributed by atoms with E-state index in [1.807, 2.05) is 46.6 Å². The van der Waals surface area contributed by atoms with E-state index in [0.717, 1.165) is 61.9 Å². The van der Waals surface area contributed by atoms with Gasteiger partial charge in [-0.15, -0.1) is 0 Å². The Morgan fingerprint density at radius 3 is 2.52 bits per heavy atom. The molecule has 1 aromatic heterocycles. The summed E-state index contributed by atoms with van der Waals surface area (Å²) in [5, 5.41) is 3.44. The summed E-state index contributed by atoms with van der Waals surface area (Å²) in [6, 6.07) is 12.7. The van der Waals surface area contributed by atoms with Crippen LogP contribution < -0.4 is 4.72 Å². The first-order valence-electron chi connectivity index (χ1n) is 15.2. The van der Waals surface area contributed by atoms with Crippen molar-refractivity contribution >= 4 is 62.7 Å². The third-order valence-corrected chi connectivity index (χ3v) is 9.98. The van der Waals surface area contributed by atoms with Crippen molar-refractivity contribution in [3.8, 4) is 11.1 Å². The lowest BCUT2D eigenvalue weighted by Gasteiger charge is -2.25. The normalized spacial score (nSPS) is 16.6. The molecule has 1 aliphatic carbocycles. The Hall–Kier alpha value is -3.02. The quantitative estimate of drug-likeness (QED) is 0.306. The predicted molar refractivity (Wildman–Crippen MR) is 181 cm³/mol. The summed E-state index contributed by atoms with van der Waals surface area (Å²) in [4.78, 5) is 20.7. The number of anilines is 1. The van der Waals surface area contributed by atoms with Crippen molar-refractivity contribution in [3.63, 3.8) is 0 Å². The van der Waals surface area contributed by atoms with Gasteiger partial charge in [0.15, 0.2) is 5.76 Å². The third kappa shape index (κ3) is 6.79. The fourth-order valence-electron chi connectivity index (χ4n) is 5.83. The maximum absolute atomic E-state index is 13.8. The van der Waals surface area contributed by atoms with Crippen LogP contribution in [0.15, 0.2) is 56.9 Å². The number of sulfonamides is 1. The lowest BCUT2D eigenvalue weighted by molar-refractivity contribution is -0.131. The van der Waals surface area contributed by atoms with E-state index in [1.165, 1.54) is 0 Å². The van der Waals surface area contributed by atoms with Crippen LogP contribution in [-0.4, -0.2) is 64.6 Å². The maximum atomic E-state index is 13.8. The number of aliphatic imine (C=N–C) groups is 1. The van der Waals surface area contributed by atoms with E-state index >= 15 is 0 Å². The number of hydrogen-bond acceptors (Lipinski definition) is 7. The zero-order valence-corrected chi connectivity index (χ0v) is 27.6. The highest BCUT2D eigenvalue weighted by Crippen LogP contribution is 2.40. The molecule has 9 nitrogen and oxygen atoms in total. The topological polar surface area (TPSA) is 114 Å². The lowest BCUT2D eigenvalue weighted by atomic mass is 9.52. The van der Waals surface area contributed by atoms with Crippen LogP contribution in [0.1, 0.15) is 68.8 Å². The number of aromatic nitrogens is 1. The zero-order valence-electron chi connectivity index (χ0n) is 26.1. The molecule has 0 saturated heterocycles. The number of halogens is 1. The number of unbranched alkanes of at least 4 members (excludes halogenated alkanes) is 1. The average Bonchev–Trinajstić information content (AvgIpc) is 3.66. The molecule has 1 fully saturated rings. The monoisotopic (exact) mass is 634 g/mol. The van der Waals surface area contributed by atoms with Gasteiger partial charge in [0.2, 0.25) is 5.82 Å². The summed E-state index contributed by atoms with van der Waals surface area (Å²) in [7, 11) is 1.83. The van der Waals surface area contributed by atoms with Gasteiger partial charge < -0.3 is 9.26 Å². The number of amides is 1. The summed E-state index contributed by atoms with van der Waals surface area (Å²) in [6.07, 6.45) is 6.42. The number of benzene rings is 2. The molecule has 14 heteroatoms. The molecule has 230 valence electrons. The Balaban J connectivity index is 1.51. The number of nitrogens with zero attached hydrogens (tertiary/aromatic N) is 3. The first-order valence-corrected chi connectivity index (χ1v) is 17.1. The Morgan fingerprint density at radius 1 is 1.14 bits per heavy atom. The average molecular weight is 635 g/mol. The number of amidine groups is 1. The van der Waals surface area contributed by atoms with Crippen LogP contribution in [0, 0.1) is 6.92 Å². The minimum Gasteiger partial charge on any atom is -0.396 e. The summed E-state index contributed by atoms with van der Waals surface area (Å²) in [5.41, 5.74) is 2.35. The van der Waals surface area contributed by atoms with Crippen molar-refractivity contribution in [1.29, 1.82) is 0 Å². The highest BCUT2D eigenvalue weighted by Gasteiger charge is 2.49. The summed E-state index contributed by atoms with van der Waals surface area (Å²) in [5.74, 6) is 1.22. The molecule has 1 saturated carbocycles. The van der Waals surface area contributed by atoms with Gasteiger partial charge >= 0.3 is 0 Å². The minimum atomic E-state index is -4.09. The molecule has 44 heavy (non-hydrogen) atoms. The van der Waals surface area contributed by atoms with Crippen molar-refractivity contribution in [3.05, 3.63) is 64.4 Å². The van der Waals surface area contributed by atoms with Gasteiger partial charge in [-0.3, -0.25) is 19.4 Å². The number of rotatable bonds is 12. The van der Waals surface area contributed by atoms with Crippen molar-refractivity contribution in [2.75, 3.05) is 4.72 Å².